The molecule has 7 fully saturated rings. The highest BCUT2D eigenvalue weighted by atomic mass is 16.8. The minimum Gasteiger partial charge on any atom is -0.388 e. The molecule has 0 amide bonds. The van der Waals surface area contributed by atoms with Crippen molar-refractivity contribution < 1.29 is 29.2 Å². The average Bonchev–Trinajstić information content (AvgIpc) is 3.04. The van der Waals surface area contributed by atoms with Crippen molar-refractivity contribution >= 4 is 0 Å². The van der Waals surface area contributed by atoms with Crippen LogP contribution in [0.15, 0.2) is 11.6 Å². The lowest BCUT2D eigenvalue weighted by Gasteiger charge is -2.53. The van der Waals surface area contributed by atoms with E-state index in [-0.39, 0.29) is 34.6 Å². The van der Waals surface area contributed by atoms with E-state index in [1.54, 1.807) is 13.8 Å². The van der Waals surface area contributed by atoms with Crippen molar-refractivity contribution in [2.45, 2.75) is 140 Å². The Morgan fingerprint density at radius 1 is 1.00 bits per heavy atom. The fraction of sp³-hybridized carbons (Fsp3) is 0.933. The molecule has 2 unspecified atom stereocenters. The van der Waals surface area contributed by atoms with E-state index in [0.717, 1.165) is 38.5 Å². The lowest BCUT2D eigenvalue weighted by atomic mass is 9.49. The third-order valence-corrected chi connectivity index (χ3v) is 13.3. The van der Waals surface area contributed by atoms with Crippen LogP contribution >= 0.6 is 0 Å². The molecular weight excluding hydrogens is 456 g/mol. The summed E-state index contributed by atoms with van der Waals surface area (Å²) in [7, 11) is 0. The quantitative estimate of drug-likeness (QED) is 0.417. The maximum absolute atomic E-state index is 12.5. The molecule has 4 bridgehead atoms. The van der Waals surface area contributed by atoms with Gasteiger partial charge in [0.2, 0.25) is 0 Å². The van der Waals surface area contributed by atoms with Gasteiger partial charge in [0.15, 0.2) is 5.79 Å². The molecule has 36 heavy (non-hydrogen) atoms. The number of fused-ring (bicyclic) bond motifs is 4. The first-order valence-electron chi connectivity index (χ1n) is 14.5. The summed E-state index contributed by atoms with van der Waals surface area (Å²) in [6.45, 7) is 15.3. The van der Waals surface area contributed by atoms with Crippen molar-refractivity contribution in [3.63, 3.8) is 0 Å². The Labute approximate surface area is 215 Å². The van der Waals surface area contributed by atoms with Gasteiger partial charge in [-0.15, -0.1) is 0 Å². The molecule has 0 radical (unpaired) electrons. The maximum Gasteiger partial charge on any atom is 0.199 e. The normalized spacial score (nSPS) is 63.5. The van der Waals surface area contributed by atoms with Gasteiger partial charge in [0.1, 0.15) is 17.8 Å². The Morgan fingerprint density at radius 3 is 2.47 bits per heavy atom. The van der Waals surface area contributed by atoms with Crippen LogP contribution in [0.25, 0.3) is 0 Å². The molecule has 3 aliphatic carbocycles. The highest BCUT2D eigenvalue weighted by molar-refractivity contribution is 5.46. The molecule has 6 nitrogen and oxygen atoms in total. The van der Waals surface area contributed by atoms with Gasteiger partial charge in [-0.1, -0.05) is 40.7 Å². The molecule has 5 saturated heterocycles. The Bertz CT molecular complexity index is 1080. The molecule has 0 aromatic rings. The van der Waals surface area contributed by atoms with Crippen molar-refractivity contribution in [1.82, 2.24) is 0 Å². The van der Waals surface area contributed by atoms with Gasteiger partial charge >= 0.3 is 0 Å². The fourth-order valence-corrected chi connectivity index (χ4v) is 11.7. The topological polar surface area (TPSA) is 80.7 Å². The highest BCUT2D eigenvalue weighted by Gasteiger charge is 2.89. The summed E-state index contributed by atoms with van der Waals surface area (Å²) in [5.74, 6) is -0.312. The zero-order valence-corrected chi connectivity index (χ0v) is 23.0. The van der Waals surface area contributed by atoms with E-state index in [1.807, 2.05) is 0 Å². The van der Waals surface area contributed by atoms with E-state index < -0.39 is 34.6 Å². The van der Waals surface area contributed by atoms with Gasteiger partial charge in [-0.3, -0.25) is 0 Å². The lowest BCUT2D eigenvalue weighted by Crippen LogP contribution is -2.58. The minimum absolute atomic E-state index is 0.0232. The smallest absolute Gasteiger partial charge is 0.199 e. The van der Waals surface area contributed by atoms with Crippen molar-refractivity contribution in [3.05, 3.63) is 11.6 Å². The summed E-state index contributed by atoms with van der Waals surface area (Å²) in [5, 5.41) is 23.5. The molecule has 200 valence electrons. The van der Waals surface area contributed by atoms with Gasteiger partial charge in [0.05, 0.1) is 29.5 Å². The van der Waals surface area contributed by atoms with E-state index in [9.17, 15) is 10.2 Å². The zero-order chi connectivity index (χ0) is 25.5. The largest absolute Gasteiger partial charge is 0.388 e. The van der Waals surface area contributed by atoms with Crippen LogP contribution in [-0.4, -0.2) is 63.3 Å². The lowest BCUT2D eigenvalue weighted by molar-refractivity contribution is -0.281. The molecule has 13 atom stereocenters. The SMILES string of the molecule is C[C@@H]1CC2O[C@@]3(OC2C(C)(C)O)[C@H](O)[C@@]2(C)[C@]45O[C@H]4C[C@H]4C(C)(C)[C@@H]6CC[C@]4(CC5=CC[C@]2(C)[C@@H]13)O6. The first kappa shape index (κ1) is 23.4. The van der Waals surface area contributed by atoms with Crippen LogP contribution in [0.1, 0.15) is 87.0 Å². The van der Waals surface area contributed by atoms with E-state index in [2.05, 4.69) is 40.7 Å². The van der Waals surface area contributed by atoms with Crippen LogP contribution in [0.2, 0.25) is 0 Å². The van der Waals surface area contributed by atoms with Crippen LogP contribution in [0.3, 0.4) is 0 Å². The summed E-state index contributed by atoms with van der Waals surface area (Å²) in [6, 6.07) is 0. The number of hydrogen-bond donors (Lipinski definition) is 2. The average molecular weight is 501 g/mol. The van der Waals surface area contributed by atoms with Gasteiger partial charge in [0.25, 0.3) is 0 Å². The molecule has 8 aliphatic rings. The molecule has 5 aliphatic heterocycles. The fourth-order valence-electron chi connectivity index (χ4n) is 11.7. The Kier molecular flexibility index (Phi) is 3.98. The number of ether oxygens (including phenoxy) is 4. The van der Waals surface area contributed by atoms with Crippen LogP contribution in [0.4, 0.5) is 0 Å². The predicted molar refractivity (Wildman–Crippen MR) is 132 cm³/mol. The third kappa shape index (κ3) is 2.14. The zero-order valence-electron chi connectivity index (χ0n) is 23.0. The van der Waals surface area contributed by atoms with Crippen LogP contribution in [-0.2, 0) is 18.9 Å². The Balaban J connectivity index is 1.27. The summed E-state index contributed by atoms with van der Waals surface area (Å²) < 4.78 is 27.3. The second-order valence-corrected chi connectivity index (χ2v) is 15.6. The number of hydrogen-bond acceptors (Lipinski definition) is 6. The van der Waals surface area contributed by atoms with Crippen LogP contribution < -0.4 is 0 Å². The van der Waals surface area contributed by atoms with Crippen LogP contribution in [0.5, 0.6) is 0 Å². The Hall–Kier alpha value is -0.500. The second kappa shape index (κ2) is 6.13. The highest BCUT2D eigenvalue weighted by Crippen LogP contribution is 2.81. The van der Waals surface area contributed by atoms with Gasteiger partial charge < -0.3 is 29.2 Å². The summed E-state index contributed by atoms with van der Waals surface area (Å²) in [4.78, 5) is 0. The summed E-state index contributed by atoms with van der Waals surface area (Å²) >= 11 is 0. The first-order valence-corrected chi connectivity index (χ1v) is 14.5. The molecule has 2 saturated carbocycles. The molecule has 0 aromatic carbocycles. The maximum atomic E-state index is 12.5. The Morgan fingerprint density at radius 2 is 1.75 bits per heavy atom. The number of epoxide rings is 1. The van der Waals surface area contributed by atoms with Gasteiger partial charge in [-0.25, -0.2) is 0 Å². The second-order valence-electron chi connectivity index (χ2n) is 15.6. The molecular formula is C30H44O6. The van der Waals surface area contributed by atoms with Crippen molar-refractivity contribution in [3.8, 4) is 0 Å². The van der Waals surface area contributed by atoms with Gasteiger partial charge in [0, 0.05) is 17.8 Å². The molecule has 0 aromatic heterocycles. The number of aliphatic hydroxyl groups is 2. The molecule has 2 N–H and O–H groups in total. The molecule has 3 spiro atoms. The number of allylic oxidation sites excluding steroid dienone is 1. The first-order chi connectivity index (χ1) is 16.7. The van der Waals surface area contributed by atoms with Crippen molar-refractivity contribution in [2.24, 2.45) is 34.0 Å². The van der Waals surface area contributed by atoms with Crippen LogP contribution in [0, 0.1) is 34.0 Å². The van der Waals surface area contributed by atoms with E-state index in [0.29, 0.717) is 17.9 Å². The predicted octanol–water partition coefficient (Wildman–Crippen LogP) is 4.12. The summed E-state index contributed by atoms with van der Waals surface area (Å²) in [6.07, 6.45) is 7.29. The van der Waals surface area contributed by atoms with E-state index >= 15 is 0 Å². The molecule has 5 heterocycles. The monoisotopic (exact) mass is 500 g/mol. The molecule has 8 rings (SSSR count). The van der Waals surface area contributed by atoms with E-state index in [1.165, 1.54) is 5.57 Å². The molecule has 6 heteroatoms. The van der Waals surface area contributed by atoms with Gasteiger partial charge in [-0.2, -0.15) is 0 Å². The number of aliphatic hydroxyl groups excluding tert-OH is 1. The van der Waals surface area contributed by atoms with Crippen molar-refractivity contribution in [2.75, 3.05) is 0 Å². The third-order valence-electron chi connectivity index (χ3n) is 13.3. The van der Waals surface area contributed by atoms with E-state index in [4.69, 9.17) is 18.9 Å². The standard InChI is InChI=1S/C30H44O6/c1-15-12-17-22(25(4,5)32)36-30(33-17)21(15)26(6)10-8-16-14-28-11-9-19(34-28)24(2,3)18(28)13-20-29(16,35-20)27(26,7)23(30)31/h8,15,17-23,31-32H,9-14H2,1-7H3/t15-,17?,18+,19+,20+,21-,22?,23-,26-,27-,28-,29-,30+/m1/s1. The minimum atomic E-state index is -1.11. The van der Waals surface area contributed by atoms with Gasteiger partial charge in [-0.05, 0) is 74.2 Å². The number of rotatable bonds is 1. The van der Waals surface area contributed by atoms with Crippen molar-refractivity contribution in [1.29, 1.82) is 0 Å². The summed E-state index contributed by atoms with van der Waals surface area (Å²) in [5.41, 5.74) is -0.958.